The standard InChI is InChI=1S/C18H28N4O/c1-3-19-18(20-4-2)21-13-14-8-7-11-16(12-14)22-17(23)15-9-5-6-10-15/h7-8,11-12,15H,3-6,9-10,13H2,1-2H3,(H,22,23)(H2,19,20,21). The molecular weight excluding hydrogens is 288 g/mol. The number of guanidine groups is 1. The minimum absolute atomic E-state index is 0.157. The van der Waals surface area contributed by atoms with Gasteiger partial charge in [0.05, 0.1) is 6.54 Å². The van der Waals surface area contributed by atoms with Crippen LogP contribution in [0.3, 0.4) is 0 Å². The number of benzene rings is 1. The first-order valence-corrected chi connectivity index (χ1v) is 8.65. The molecule has 5 nitrogen and oxygen atoms in total. The summed E-state index contributed by atoms with van der Waals surface area (Å²) in [5.41, 5.74) is 1.95. The molecule has 2 rings (SSSR count). The van der Waals surface area contributed by atoms with Crippen molar-refractivity contribution in [2.24, 2.45) is 10.9 Å². The fourth-order valence-electron chi connectivity index (χ4n) is 2.86. The molecule has 23 heavy (non-hydrogen) atoms. The largest absolute Gasteiger partial charge is 0.357 e. The molecule has 1 aromatic rings. The predicted molar refractivity (Wildman–Crippen MR) is 95.5 cm³/mol. The van der Waals surface area contributed by atoms with Crippen molar-refractivity contribution in [1.29, 1.82) is 0 Å². The molecule has 1 amide bonds. The van der Waals surface area contributed by atoms with E-state index in [0.717, 1.165) is 43.1 Å². The van der Waals surface area contributed by atoms with E-state index in [1.54, 1.807) is 0 Å². The number of hydrogen-bond donors (Lipinski definition) is 3. The van der Waals surface area contributed by atoms with Crippen LogP contribution < -0.4 is 16.0 Å². The van der Waals surface area contributed by atoms with Gasteiger partial charge >= 0.3 is 0 Å². The van der Waals surface area contributed by atoms with Crippen molar-refractivity contribution in [3.63, 3.8) is 0 Å². The minimum atomic E-state index is 0.157. The van der Waals surface area contributed by atoms with Crippen LogP contribution in [-0.4, -0.2) is 25.0 Å². The zero-order valence-electron chi connectivity index (χ0n) is 14.2. The van der Waals surface area contributed by atoms with Gasteiger partial charge in [0.15, 0.2) is 5.96 Å². The summed E-state index contributed by atoms with van der Waals surface area (Å²) in [6, 6.07) is 7.95. The number of nitrogens with zero attached hydrogens (tertiary/aromatic N) is 1. The first-order valence-electron chi connectivity index (χ1n) is 8.65. The molecule has 1 aliphatic carbocycles. The van der Waals surface area contributed by atoms with Gasteiger partial charge in [0, 0.05) is 24.7 Å². The van der Waals surface area contributed by atoms with Gasteiger partial charge in [0.1, 0.15) is 0 Å². The van der Waals surface area contributed by atoms with Crippen LogP contribution in [0.25, 0.3) is 0 Å². The molecule has 0 aromatic heterocycles. The van der Waals surface area contributed by atoms with Gasteiger partial charge in [0.25, 0.3) is 0 Å². The fourth-order valence-corrected chi connectivity index (χ4v) is 2.86. The maximum Gasteiger partial charge on any atom is 0.227 e. The van der Waals surface area contributed by atoms with Crippen molar-refractivity contribution in [3.8, 4) is 0 Å². The highest BCUT2D eigenvalue weighted by Gasteiger charge is 2.22. The van der Waals surface area contributed by atoms with E-state index in [0.29, 0.717) is 6.54 Å². The summed E-state index contributed by atoms with van der Waals surface area (Å²) < 4.78 is 0. The molecule has 0 aliphatic heterocycles. The van der Waals surface area contributed by atoms with E-state index >= 15 is 0 Å². The number of carbonyl (C=O) groups excluding carboxylic acids is 1. The summed E-state index contributed by atoms with van der Waals surface area (Å²) in [6.07, 6.45) is 4.38. The second-order valence-electron chi connectivity index (χ2n) is 5.90. The van der Waals surface area contributed by atoms with Crippen LogP contribution in [0.2, 0.25) is 0 Å². The third-order valence-electron chi connectivity index (χ3n) is 4.03. The Morgan fingerprint density at radius 2 is 1.87 bits per heavy atom. The van der Waals surface area contributed by atoms with Crippen molar-refractivity contribution < 1.29 is 4.79 Å². The highest BCUT2D eigenvalue weighted by atomic mass is 16.1. The Kier molecular flexibility index (Phi) is 6.91. The lowest BCUT2D eigenvalue weighted by Crippen LogP contribution is -2.36. The molecule has 1 aliphatic rings. The molecule has 0 heterocycles. The van der Waals surface area contributed by atoms with Gasteiger partial charge < -0.3 is 16.0 Å². The van der Waals surface area contributed by atoms with Gasteiger partial charge in [-0.15, -0.1) is 0 Å². The number of aliphatic imine (C=N–C) groups is 1. The third kappa shape index (κ3) is 5.58. The molecule has 0 saturated heterocycles. The van der Waals surface area contributed by atoms with E-state index in [9.17, 15) is 4.79 Å². The first kappa shape index (κ1) is 17.3. The highest BCUT2D eigenvalue weighted by Crippen LogP contribution is 2.26. The lowest BCUT2D eigenvalue weighted by Gasteiger charge is -2.12. The smallest absolute Gasteiger partial charge is 0.227 e. The summed E-state index contributed by atoms with van der Waals surface area (Å²) >= 11 is 0. The van der Waals surface area contributed by atoms with E-state index in [2.05, 4.69) is 20.9 Å². The maximum absolute atomic E-state index is 12.2. The van der Waals surface area contributed by atoms with Gasteiger partial charge in [-0.3, -0.25) is 4.79 Å². The van der Waals surface area contributed by atoms with Crippen LogP contribution >= 0.6 is 0 Å². The van der Waals surface area contributed by atoms with E-state index < -0.39 is 0 Å². The van der Waals surface area contributed by atoms with Crippen molar-refractivity contribution in [1.82, 2.24) is 10.6 Å². The van der Waals surface area contributed by atoms with Gasteiger partial charge in [-0.25, -0.2) is 4.99 Å². The molecule has 0 bridgehead atoms. The maximum atomic E-state index is 12.2. The van der Waals surface area contributed by atoms with Crippen LogP contribution in [-0.2, 0) is 11.3 Å². The summed E-state index contributed by atoms with van der Waals surface area (Å²) in [6.45, 7) is 6.35. The topological polar surface area (TPSA) is 65.5 Å². The average Bonchev–Trinajstić information content (AvgIpc) is 3.08. The average molecular weight is 316 g/mol. The van der Waals surface area contributed by atoms with Crippen molar-refractivity contribution in [2.75, 3.05) is 18.4 Å². The van der Waals surface area contributed by atoms with Gasteiger partial charge in [-0.05, 0) is 44.4 Å². The number of rotatable bonds is 6. The Morgan fingerprint density at radius 1 is 1.17 bits per heavy atom. The molecule has 1 fully saturated rings. The lowest BCUT2D eigenvalue weighted by atomic mass is 10.1. The monoisotopic (exact) mass is 316 g/mol. The lowest BCUT2D eigenvalue weighted by molar-refractivity contribution is -0.119. The Labute approximate surface area is 139 Å². The van der Waals surface area contributed by atoms with E-state index in [1.165, 1.54) is 12.8 Å². The first-order chi connectivity index (χ1) is 11.2. The van der Waals surface area contributed by atoms with Crippen molar-refractivity contribution in [3.05, 3.63) is 29.8 Å². The van der Waals surface area contributed by atoms with E-state index in [4.69, 9.17) is 0 Å². The third-order valence-corrected chi connectivity index (χ3v) is 4.03. The van der Waals surface area contributed by atoms with Crippen LogP contribution in [0, 0.1) is 5.92 Å². The van der Waals surface area contributed by atoms with E-state index in [1.807, 2.05) is 38.1 Å². The molecule has 0 unspecified atom stereocenters. The van der Waals surface area contributed by atoms with Gasteiger partial charge in [0.2, 0.25) is 5.91 Å². The molecule has 0 radical (unpaired) electrons. The Balaban J connectivity index is 1.95. The number of nitrogens with one attached hydrogen (secondary N) is 3. The number of hydrogen-bond acceptors (Lipinski definition) is 2. The highest BCUT2D eigenvalue weighted by molar-refractivity contribution is 5.92. The molecule has 5 heteroatoms. The Hall–Kier alpha value is -2.04. The minimum Gasteiger partial charge on any atom is -0.357 e. The number of amides is 1. The second-order valence-corrected chi connectivity index (χ2v) is 5.90. The number of carbonyl (C=O) groups is 1. The van der Waals surface area contributed by atoms with Gasteiger partial charge in [-0.2, -0.15) is 0 Å². The van der Waals surface area contributed by atoms with Crippen molar-refractivity contribution >= 4 is 17.6 Å². The predicted octanol–water partition coefficient (Wildman–Crippen LogP) is 2.89. The molecule has 1 saturated carbocycles. The summed E-state index contributed by atoms with van der Waals surface area (Å²) in [7, 11) is 0. The fraction of sp³-hybridized carbons (Fsp3) is 0.556. The second kappa shape index (κ2) is 9.18. The molecule has 3 N–H and O–H groups in total. The van der Waals surface area contributed by atoms with Gasteiger partial charge in [-0.1, -0.05) is 25.0 Å². The normalized spacial score (nSPS) is 14.3. The number of anilines is 1. The summed E-state index contributed by atoms with van der Waals surface area (Å²) in [4.78, 5) is 16.8. The summed E-state index contributed by atoms with van der Waals surface area (Å²) in [5.74, 6) is 1.16. The molecule has 126 valence electrons. The van der Waals surface area contributed by atoms with Crippen LogP contribution in [0.4, 0.5) is 5.69 Å². The SMILES string of the molecule is CCNC(=NCc1cccc(NC(=O)C2CCCC2)c1)NCC. The molecular formula is C18H28N4O. The Morgan fingerprint density at radius 3 is 2.52 bits per heavy atom. The van der Waals surface area contributed by atoms with E-state index in [-0.39, 0.29) is 11.8 Å². The molecule has 0 atom stereocenters. The summed E-state index contributed by atoms with van der Waals surface area (Å²) in [5, 5.41) is 9.46. The Bertz CT molecular complexity index is 528. The van der Waals surface area contributed by atoms with Crippen LogP contribution in [0.5, 0.6) is 0 Å². The molecule has 0 spiro atoms. The van der Waals surface area contributed by atoms with Crippen LogP contribution in [0.15, 0.2) is 29.3 Å². The molecule has 1 aromatic carbocycles. The zero-order chi connectivity index (χ0) is 16.5. The zero-order valence-corrected chi connectivity index (χ0v) is 14.2. The van der Waals surface area contributed by atoms with Crippen LogP contribution in [0.1, 0.15) is 45.1 Å². The quantitative estimate of drug-likeness (QED) is 0.558. The van der Waals surface area contributed by atoms with Crippen molar-refractivity contribution in [2.45, 2.75) is 46.1 Å².